The normalized spacial score (nSPS) is 15.4. The van der Waals surface area contributed by atoms with Crippen LogP contribution in [0.25, 0.3) is 5.57 Å². The Balaban J connectivity index is 1.72. The number of hydrogen-bond donors (Lipinski definition) is 1. The van der Waals surface area contributed by atoms with E-state index >= 15 is 0 Å². The van der Waals surface area contributed by atoms with Gasteiger partial charge in [0.2, 0.25) is 6.79 Å². The summed E-state index contributed by atoms with van der Waals surface area (Å²) in [5, 5.41) is 9.39. The monoisotopic (exact) mass is 408 g/mol. The molecule has 1 N–H and O–H groups in total. The van der Waals surface area contributed by atoms with Gasteiger partial charge >= 0.3 is 0 Å². The molecule has 7 nitrogen and oxygen atoms in total. The van der Waals surface area contributed by atoms with Crippen molar-refractivity contribution in [3.05, 3.63) is 64.3 Å². The molecular formula is C23H24N2O5. The molecule has 0 saturated heterocycles. The molecule has 0 bridgehead atoms. The van der Waals surface area contributed by atoms with Crippen LogP contribution in [0.3, 0.4) is 0 Å². The van der Waals surface area contributed by atoms with E-state index in [1.54, 1.807) is 24.1 Å². The van der Waals surface area contributed by atoms with Crippen molar-refractivity contribution < 1.29 is 24.2 Å². The van der Waals surface area contributed by atoms with E-state index in [2.05, 4.69) is 0 Å². The second-order valence-electron chi connectivity index (χ2n) is 7.57. The van der Waals surface area contributed by atoms with E-state index in [-0.39, 0.29) is 38.3 Å². The Morgan fingerprint density at radius 3 is 2.53 bits per heavy atom. The largest absolute Gasteiger partial charge is 0.454 e. The van der Waals surface area contributed by atoms with Crippen LogP contribution in [0.15, 0.2) is 42.1 Å². The van der Waals surface area contributed by atoms with Gasteiger partial charge in [-0.1, -0.05) is 29.8 Å². The Hall–Kier alpha value is -3.32. The van der Waals surface area contributed by atoms with Crippen molar-refractivity contribution in [1.82, 2.24) is 9.80 Å². The van der Waals surface area contributed by atoms with E-state index in [9.17, 15) is 14.7 Å². The highest BCUT2D eigenvalue weighted by Gasteiger charge is 2.41. The van der Waals surface area contributed by atoms with Crippen LogP contribution in [0, 0.1) is 13.8 Å². The minimum Gasteiger partial charge on any atom is -0.454 e. The molecule has 0 spiro atoms. The van der Waals surface area contributed by atoms with Crippen molar-refractivity contribution in [3.8, 4) is 11.5 Å². The summed E-state index contributed by atoms with van der Waals surface area (Å²) in [7, 11) is 1.71. The predicted molar refractivity (Wildman–Crippen MR) is 111 cm³/mol. The van der Waals surface area contributed by atoms with Gasteiger partial charge in [0.1, 0.15) is 5.70 Å². The number of likely N-dealkylation sites (N-methyl/N-ethyl adjacent to an activating group) is 1. The average Bonchev–Trinajstić information content (AvgIpc) is 3.26. The number of carbonyl (C=O) groups is 2. The first-order valence-corrected chi connectivity index (χ1v) is 9.79. The highest BCUT2D eigenvalue weighted by Crippen LogP contribution is 2.36. The molecule has 2 heterocycles. The third-order valence-corrected chi connectivity index (χ3v) is 5.39. The van der Waals surface area contributed by atoms with Crippen LogP contribution in [0.2, 0.25) is 0 Å². The van der Waals surface area contributed by atoms with Gasteiger partial charge in [-0.2, -0.15) is 0 Å². The molecule has 0 unspecified atom stereocenters. The standard InChI is InChI=1S/C23H24N2O5/c1-14-4-6-17(15(2)10-14)20-21(24(3)8-9-26)23(28)25(22(20)27)12-16-5-7-18-19(11-16)30-13-29-18/h4-7,10-11,26H,8-9,12-13H2,1-3H3. The molecule has 2 amide bonds. The first-order chi connectivity index (χ1) is 14.4. The summed E-state index contributed by atoms with van der Waals surface area (Å²) in [6, 6.07) is 11.2. The summed E-state index contributed by atoms with van der Waals surface area (Å²) < 4.78 is 10.7. The number of imide groups is 1. The summed E-state index contributed by atoms with van der Waals surface area (Å²) in [5.41, 5.74) is 4.18. The van der Waals surface area contributed by atoms with E-state index in [0.29, 0.717) is 22.8 Å². The third-order valence-electron chi connectivity index (χ3n) is 5.39. The maximum Gasteiger partial charge on any atom is 0.278 e. The van der Waals surface area contributed by atoms with Crippen molar-refractivity contribution in [2.45, 2.75) is 20.4 Å². The Morgan fingerprint density at radius 1 is 1.03 bits per heavy atom. The summed E-state index contributed by atoms with van der Waals surface area (Å²) in [4.78, 5) is 29.6. The number of ether oxygens (including phenoxy) is 2. The predicted octanol–water partition coefficient (Wildman–Crippen LogP) is 2.24. The Kier molecular flexibility index (Phi) is 5.22. The zero-order chi connectivity index (χ0) is 21.4. The molecule has 0 radical (unpaired) electrons. The Labute approximate surface area is 175 Å². The van der Waals surface area contributed by atoms with Crippen molar-refractivity contribution in [2.24, 2.45) is 0 Å². The molecule has 156 valence electrons. The quantitative estimate of drug-likeness (QED) is 0.739. The molecule has 2 aromatic carbocycles. The molecule has 0 saturated carbocycles. The fraction of sp³-hybridized carbons (Fsp3) is 0.304. The molecule has 0 aromatic heterocycles. The zero-order valence-electron chi connectivity index (χ0n) is 17.3. The summed E-state index contributed by atoms with van der Waals surface area (Å²) in [6.07, 6.45) is 0. The molecule has 0 atom stereocenters. The molecule has 2 aliphatic rings. The number of benzene rings is 2. The molecule has 4 rings (SSSR count). The summed E-state index contributed by atoms with van der Waals surface area (Å²) in [6.45, 7) is 4.33. The van der Waals surface area contributed by atoms with E-state index in [0.717, 1.165) is 22.3 Å². The fourth-order valence-electron chi connectivity index (χ4n) is 3.88. The first kappa shape index (κ1) is 20.0. The fourth-order valence-corrected chi connectivity index (χ4v) is 3.88. The number of fused-ring (bicyclic) bond motifs is 1. The van der Waals surface area contributed by atoms with Crippen LogP contribution in [0.5, 0.6) is 11.5 Å². The average molecular weight is 408 g/mol. The number of rotatable bonds is 6. The Bertz CT molecular complexity index is 1060. The Morgan fingerprint density at radius 2 is 1.80 bits per heavy atom. The van der Waals surface area contributed by atoms with Gasteiger partial charge in [-0.15, -0.1) is 0 Å². The second-order valence-corrected chi connectivity index (χ2v) is 7.57. The number of carbonyl (C=O) groups excluding carboxylic acids is 2. The van der Waals surface area contributed by atoms with Crippen LogP contribution in [-0.4, -0.2) is 53.7 Å². The van der Waals surface area contributed by atoms with Crippen LogP contribution in [-0.2, 0) is 16.1 Å². The highest BCUT2D eigenvalue weighted by molar-refractivity contribution is 6.35. The molecule has 0 fully saturated rings. The smallest absolute Gasteiger partial charge is 0.278 e. The van der Waals surface area contributed by atoms with Crippen LogP contribution in [0.4, 0.5) is 0 Å². The summed E-state index contributed by atoms with van der Waals surface area (Å²) in [5.74, 6) is 0.537. The molecule has 2 aromatic rings. The van der Waals surface area contributed by atoms with Gasteiger partial charge in [-0.25, -0.2) is 0 Å². The van der Waals surface area contributed by atoms with Crippen LogP contribution < -0.4 is 9.47 Å². The first-order valence-electron chi connectivity index (χ1n) is 9.79. The van der Waals surface area contributed by atoms with Gasteiger partial charge in [0.25, 0.3) is 11.8 Å². The minimum absolute atomic E-state index is 0.121. The zero-order valence-corrected chi connectivity index (χ0v) is 17.3. The lowest BCUT2D eigenvalue weighted by atomic mass is 9.97. The molecule has 7 heteroatoms. The van der Waals surface area contributed by atoms with Crippen LogP contribution in [0.1, 0.15) is 22.3 Å². The number of nitrogens with zero attached hydrogens (tertiary/aromatic N) is 2. The van der Waals surface area contributed by atoms with Gasteiger partial charge in [-0.05, 0) is 42.7 Å². The van der Waals surface area contributed by atoms with E-state index in [1.807, 2.05) is 38.1 Å². The number of hydrogen-bond acceptors (Lipinski definition) is 6. The summed E-state index contributed by atoms with van der Waals surface area (Å²) >= 11 is 0. The van der Waals surface area contributed by atoms with E-state index in [1.165, 1.54) is 4.90 Å². The number of amides is 2. The van der Waals surface area contributed by atoms with Crippen molar-refractivity contribution in [2.75, 3.05) is 27.0 Å². The molecule has 0 aliphatic carbocycles. The molecular weight excluding hydrogens is 384 g/mol. The van der Waals surface area contributed by atoms with E-state index in [4.69, 9.17) is 9.47 Å². The van der Waals surface area contributed by atoms with E-state index < -0.39 is 0 Å². The lowest BCUT2D eigenvalue weighted by Gasteiger charge is -2.20. The topological polar surface area (TPSA) is 79.3 Å². The lowest BCUT2D eigenvalue weighted by Crippen LogP contribution is -2.34. The maximum atomic E-state index is 13.4. The van der Waals surface area contributed by atoms with Gasteiger partial charge < -0.3 is 19.5 Å². The third kappa shape index (κ3) is 3.41. The maximum absolute atomic E-state index is 13.4. The second kappa shape index (κ2) is 7.84. The van der Waals surface area contributed by atoms with Crippen molar-refractivity contribution in [3.63, 3.8) is 0 Å². The molecule has 2 aliphatic heterocycles. The van der Waals surface area contributed by atoms with Gasteiger partial charge in [0, 0.05) is 13.6 Å². The molecule has 30 heavy (non-hydrogen) atoms. The van der Waals surface area contributed by atoms with Crippen molar-refractivity contribution >= 4 is 17.4 Å². The number of aliphatic hydroxyl groups is 1. The van der Waals surface area contributed by atoms with Crippen molar-refractivity contribution in [1.29, 1.82) is 0 Å². The highest BCUT2D eigenvalue weighted by atomic mass is 16.7. The SMILES string of the molecule is Cc1ccc(C2=C(N(C)CCO)C(=O)N(Cc3ccc4c(c3)OCO4)C2=O)c(C)c1. The van der Waals surface area contributed by atoms with Crippen LogP contribution >= 0.6 is 0 Å². The minimum atomic E-state index is -0.372. The van der Waals surface area contributed by atoms with Gasteiger partial charge in [-0.3, -0.25) is 14.5 Å². The number of aryl methyl sites for hydroxylation is 2. The van der Waals surface area contributed by atoms with Gasteiger partial charge in [0.05, 0.1) is 18.7 Å². The number of aliphatic hydroxyl groups excluding tert-OH is 1. The van der Waals surface area contributed by atoms with Gasteiger partial charge in [0.15, 0.2) is 11.5 Å². The lowest BCUT2D eigenvalue weighted by molar-refractivity contribution is -0.138.